The van der Waals surface area contributed by atoms with Gasteiger partial charge in [0.25, 0.3) is 5.91 Å². The highest BCUT2D eigenvalue weighted by atomic mass is 127. The largest absolute Gasteiger partial charge is 0.387 e. The number of H-pyrrole nitrogens is 1. The predicted octanol–water partition coefficient (Wildman–Crippen LogP) is 0.477. The van der Waals surface area contributed by atoms with E-state index in [1.54, 1.807) is 0 Å². The van der Waals surface area contributed by atoms with E-state index < -0.39 is 30.3 Å². The minimum atomic E-state index is -1.47. The molecule has 29 heavy (non-hydrogen) atoms. The summed E-state index contributed by atoms with van der Waals surface area (Å²) in [6.07, 6.45) is -3.85. The molecule has 152 valence electrons. The van der Waals surface area contributed by atoms with Crippen molar-refractivity contribution in [3.63, 3.8) is 0 Å². The number of amides is 1. The van der Waals surface area contributed by atoms with Gasteiger partial charge in [-0.2, -0.15) is 0 Å². The van der Waals surface area contributed by atoms with Gasteiger partial charge in [0.1, 0.15) is 23.8 Å². The standard InChI is InChI=1S/C18H19IN6O4/c1-20-18(28)14-12(27)11(26)13(29-14)17-24-15(10-16(25-17)23-7-22-10)21-6-8-3-2-4-9(19)5-8/h2-5,7,11-14,26-27H,6H2,1H3,(H,20,28)(H2,21,22,23,24,25)/t11-,12+,13?,14+/m1/s1/i1D. The van der Waals surface area contributed by atoms with E-state index in [4.69, 9.17) is 6.11 Å². The quantitative estimate of drug-likeness (QED) is 0.311. The number of anilines is 1. The average Bonchev–Trinajstić information content (AvgIpc) is 3.31. The third kappa shape index (κ3) is 3.90. The number of imidazole rings is 1. The molecule has 0 spiro atoms. The van der Waals surface area contributed by atoms with Crippen LogP contribution in [0, 0.1) is 3.57 Å². The monoisotopic (exact) mass is 511 g/mol. The van der Waals surface area contributed by atoms with E-state index in [2.05, 4.69) is 53.2 Å². The lowest BCUT2D eigenvalue weighted by Crippen LogP contribution is -2.41. The van der Waals surface area contributed by atoms with Crippen LogP contribution in [0.15, 0.2) is 30.6 Å². The van der Waals surface area contributed by atoms with Crippen LogP contribution in [0.1, 0.15) is 18.9 Å². The molecule has 1 aromatic carbocycles. The van der Waals surface area contributed by atoms with Crippen LogP contribution in [0.5, 0.6) is 0 Å². The number of hydrogen-bond donors (Lipinski definition) is 5. The molecular formula is C18H19IN6O4. The lowest BCUT2D eigenvalue weighted by Gasteiger charge is -2.15. The summed E-state index contributed by atoms with van der Waals surface area (Å²) < 4.78 is 13.7. The van der Waals surface area contributed by atoms with E-state index in [-0.39, 0.29) is 12.8 Å². The summed E-state index contributed by atoms with van der Waals surface area (Å²) in [5.41, 5.74) is 1.99. The number of ether oxygens (including phenoxy) is 1. The van der Waals surface area contributed by atoms with E-state index in [0.29, 0.717) is 23.5 Å². The molecule has 1 amide bonds. The van der Waals surface area contributed by atoms with Gasteiger partial charge in [-0.15, -0.1) is 0 Å². The Balaban J connectivity index is 1.61. The second-order valence-electron chi connectivity index (χ2n) is 6.51. The average molecular weight is 511 g/mol. The predicted molar refractivity (Wildman–Crippen MR) is 112 cm³/mol. The number of aliphatic hydroxyl groups is 2. The molecule has 0 radical (unpaired) electrons. The molecule has 11 heteroatoms. The molecule has 1 aliphatic rings. The molecule has 2 aromatic heterocycles. The zero-order valence-electron chi connectivity index (χ0n) is 16.0. The third-order valence-electron chi connectivity index (χ3n) is 4.60. The fourth-order valence-corrected chi connectivity index (χ4v) is 3.75. The first kappa shape index (κ1) is 18.7. The second-order valence-corrected chi connectivity index (χ2v) is 7.76. The van der Waals surface area contributed by atoms with Gasteiger partial charge in [-0.25, -0.2) is 15.0 Å². The van der Waals surface area contributed by atoms with Gasteiger partial charge in [0, 0.05) is 18.5 Å². The van der Waals surface area contributed by atoms with E-state index >= 15 is 0 Å². The second kappa shape index (κ2) is 8.18. The van der Waals surface area contributed by atoms with E-state index in [1.807, 2.05) is 24.3 Å². The molecule has 5 N–H and O–H groups in total. The van der Waals surface area contributed by atoms with Gasteiger partial charge in [-0.05, 0) is 40.3 Å². The first-order valence-corrected chi connectivity index (χ1v) is 9.83. The highest BCUT2D eigenvalue weighted by Gasteiger charge is 2.48. The first-order valence-electron chi connectivity index (χ1n) is 9.46. The van der Waals surface area contributed by atoms with Crippen molar-refractivity contribution in [2.75, 3.05) is 12.3 Å². The fourth-order valence-electron chi connectivity index (χ4n) is 3.15. The molecule has 0 aliphatic carbocycles. The Morgan fingerprint density at radius 2 is 2.24 bits per heavy atom. The lowest BCUT2D eigenvalue weighted by molar-refractivity contribution is -0.135. The van der Waals surface area contributed by atoms with Crippen LogP contribution in [-0.2, 0) is 16.1 Å². The molecule has 10 nitrogen and oxygen atoms in total. The first-order chi connectivity index (χ1) is 14.5. The van der Waals surface area contributed by atoms with Crippen molar-refractivity contribution >= 4 is 45.5 Å². The Bertz CT molecular complexity index is 1070. The van der Waals surface area contributed by atoms with Crippen molar-refractivity contribution in [1.29, 1.82) is 0 Å². The highest BCUT2D eigenvalue weighted by Crippen LogP contribution is 2.33. The molecule has 1 unspecified atom stereocenters. The molecular weight excluding hydrogens is 491 g/mol. The smallest absolute Gasteiger partial charge is 0.251 e. The number of halogens is 1. The number of likely N-dealkylation sites (N-methyl/N-ethyl adjacent to an activating group) is 1. The van der Waals surface area contributed by atoms with Crippen LogP contribution in [-0.4, -0.2) is 61.4 Å². The number of aromatic amines is 1. The molecule has 1 saturated heterocycles. The highest BCUT2D eigenvalue weighted by molar-refractivity contribution is 14.1. The number of nitrogens with one attached hydrogen (secondary N) is 3. The number of nitrogens with zero attached hydrogens (tertiary/aromatic N) is 3. The Morgan fingerprint density at radius 3 is 3.03 bits per heavy atom. The van der Waals surface area contributed by atoms with Crippen LogP contribution in [0.3, 0.4) is 0 Å². The van der Waals surface area contributed by atoms with Crippen molar-refractivity contribution in [3.8, 4) is 0 Å². The lowest BCUT2D eigenvalue weighted by atomic mass is 10.1. The maximum atomic E-state index is 12.0. The van der Waals surface area contributed by atoms with Crippen LogP contribution in [0.4, 0.5) is 5.82 Å². The van der Waals surface area contributed by atoms with Crippen molar-refractivity contribution < 1.29 is 21.1 Å². The Kier molecular flexibility index (Phi) is 5.26. The van der Waals surface area contributed by atoms with Crippen LogP contribution < -0.4 is 10.6 Å². The van der Waals surface area contributed by atoms with Gasteiger partial charge in [0.2, 0.25) is 0 Å². The minimum Gasteiger partial charge on any atom is -0.387 e. The zero-order valence-corrected chi connectivity index (χ0v) is 17.2. The SMILES string of the molecule is [2H]CNC(=O)[C@H]1OC(c2nc(NCc3cccc(I)c3)c3[nH]cnc3n2)[C@H](O)[C@@H]1O. The summed E-state index contributed by atoms with van der Waals surface area (Å²) in [4.78, 5) is 27.9. The topological polar surface area (TPSA) is 145 Å². The van der Waals surface area contributed by atoms with Gasteiger partial charge in [0.15, 0.2) is 23.4 Å². The number of carbonyl (C=O) groups is 1. The van der Waals surface area contributed by atoms with E-state index in [1.165, 1.54) is 6.33 Å². The molecule has 1 fully saturated rings. The maximum Gasteiger partial charge on any atom is 0.251 e. The zero-order chi connectivity index (χ0) is 21.3. The van der Waals surface area contributed by atoms with Crippen molar-refractivity contribution in [2.45, 2.75) is 31.0 Å². The fraction of sp³-hybridized carbons (Fsp3) is 0.333. The van der Waals surface area contributed by atoms with Crippen LogP contribution in [0.25, 0.3) is 11.2 Å². The number of rotatable bonds is 5. The summed E-state index contributed by atoms with van der Waals surface area (Å²) in [5.74, 6) is -0.139. The Labute approximate surface area is 180 Å². The van der Waals surface area contributed by atoms with Crippen molar-refractivity contribution in [3.05, 3.63) is 45.6 Å². The number of benzene rings is 1. The van der Waals surface area contributed by atoms with Gasteiger partial charge >= 0.3 is 0 Å². The van der Waals surface area contributed by atoms with Gasteiger partial charge < -0.3 is 30.6 Å². The van der Waals surface area contributed by atoms with Gasteiger partial charge in [-0.3, -0.25) is 4.79 Å². The van der Waals surface area contributed by atoms with E-state index in [0.717, 1.165) is 9.13 Å². The summed E-state index contributed by atoms with van der Waals surface area (Å²) in [6, 6.07) is 7.98. The summed E-state index contributed by atoms with van der Waals surface area (Å²) >= 11 is 2.24. The van der Waals surface area contributed by atoms with Gasteiger partial charge in [-0.1, -0.05) is 12.1 Å². The molecule has 0 bridgehead atoms. The Morgan fingerprint density at radius 1 is 1.38 bits per heavy atom. The van der Waals surface area contributed by atoms with Crippen LogP contribution >= 0.6 is 22.6 Å². The van der Waals surface area contributed by atoms with Crippen LogP contribution in [0.2, 0.25) is 0 Å². The minimum absolute atomic E-state index is 0.0902. The number of hydrogen-bond acceptors (Lipinski definition) is 8. The van der Waals surface area contributed by atoms with E-state index in [9.17, 15) is 15.0 Å². The summed E-state index contributed by atoms with van der Waals surface area (Å²) in [5, 5.41) is 26.1. The number of aliphatic hydroxyl groups excluding tert-OH is 2. The summed E-state index contributed by atoms with van der Waals surface area (Å²) in [6.45, 7) is 0.493. The maximum absolute atomic E-state index is 12.0. The molecule has 1 aliphatic heterocycles. The normalized spacial score (nSPS) is 24.4. The van der Waals surface area contributed by atoms with Crippen molar-refractivity contribution in [2.24, 2.45) is 0 Å². The molecule has 3 aromatic rings. The Hall–Kier alpha value is -2.35. The third-order valence-corrected chi connectivity index (χ3v) is 5.27. The molecule has 4 rings (SSSR count). The van der Waals surface area contributed by atoms with Crippen molar-refractivity contribution in [1.82, 2.24) is 25.3 Å². The number of carbonyl (C=O) groups excluding carboxylic acids is 1. The molecule has 0 saturated carbocycles. The number of aromatic nitrogens is 4. The molecule has 3 heterocycles. The summed E-state index contributed by atoms with van der Waals surface area (Å²) in [7, 11) is -0.367. The number of fused-ring (bicyclic) bond motifs is 1. The molecule has 4 atom stereocenters. The van der Waals surface area contributed by atoms with Gasteiger partial charge in [0.05, 0.1) is 6.33 Å².